The molecule has 3 N–H and O–H groups in total. The molecule has 0 radical (unpaired) electrons. The fourth-order valence-electron chi connectivity index (χ4n) is 3.05. The Bertz CT molecular complexity index is 282. The molecule has 0 saturated heterocycles. The van der Waals surface area contributed by atoms with Gasteiger partial charge in [-0.05, 0) is 38.4 Å². The van der Waals surface area contributed by atoms with Crippen LogP contribution in [0.3, 0.4) is 0 Å². The van der Waals surface area contributed by atoms with Crippen LogP contribution in [0.15, 0.2) is 0 Å². The van der Waals surface area contributed by atoms with Crippen LogP contribution in [0, 0.1) is 0 Å². The summed E-state index contributed by atoms with van der Waals surface area (Å²) in [7, 11) is 0. The van der Waals surface area contributed by atoms with Crippen LogP contribution in [0.5, 0.6) is 0 Å². The van der Waals surface area contributed by atoms with E-state index in [0.29, 0.717) is 11.3 Å². The zero-order valence-electron chi connectivity index (χ0n) is 11.1. The molecule has 2 aliphatic carbocycles. The van der Waals surface area contributed by atoms with Gasteiger partial charge in [0.15, 0.2) is 0 Å². The molecule has 2 fully saturated rings. The minimum absolute atomic E-state index is 0. The quantitative estimate of drug-likeness (QED) is 0.840. The molecule has 0 aromatic rings. The summed E-state index contributed by atoms with van der Waals surface area (Å²) in [5, 5.41) is 3.90. The van der Waals surface area contributed by atoms with Gasteiger partial charge < -0.3 is 11.1 Å². The molecule has 2 rings (SSSR count). The summed E-state index contributed by atoms with van der Waals surface area (Å²) >= 11 is 1.93. The smallest absolute Gasteiger partial charge is 0.240 e. The second-order valence-corrected chi connectivity index (χ2v) is 6.70. The van der Waals surface area contributed by atoms with Crippen molar-refractivity contribution >= 4 is 30.1 Å². The third kappa shape index (κ3) is 3.78. The zero-order chi connectivity index (χ0) is 12.3. The van der Waals surface area contributed by atoms with Gasteiger partial charge in [0.1, 0.15) is 0 Å². The van der Waals surface area contributed by atoms with Crippen LogP contribution in [-0.4, -0.2) is 29.0 Å². The third-order valence-corrected chi connectivity index (χ3v) is 5.34. The molecule has 0 aromatic carbocycles. The van der Waals surface area contributed by atoms with E-state index in [1.165, 1.54) is 12.8 Å². The lowest BCUT2D eigenvalue weighted by atomic mass is 9.92. The van der Waals surface area contributed by atoms with Crippen molar-refractivity contribution < 1.29 is 4.79 Å². The molecule has 0 heterocycles. The van der Waals surface area contributed by atoms with Gasteiger partial charge in [0.2, 0.25) is 5.91 Å². The number of halogens is 1. The minimum Gasteiger partial charge on any atom is -0.352 e. The van der Waals surface area contributed by atoms with Crippen molar-refractivity contribution in [2.45, 2.75) is 68.2 Å². The number of hydrogen-bond donors (Lipinski definition) is 2. The molecule has 2 aliphatic rings. The first-order valence-electron chi connectivity index (χ1n) is 6.77. The fraction of sp³-hybridized carbons (Fsp3) is 0.923. The second-order valence-electron chi connectivity index (χ2n) is 5.56. The molecule has 1 amide bonds. The molecule has 0 spiro atoms. The molecule has 5 heteroatoms. The first kappa shape index (κ1) is 16.1. The summed E-state index contributed by atoms with van der Waals surface area (Å²) in [6.45, 7) is 0. The van der Waals surface area contributed by atoms with Gasteiger partial charge in [-0.1, -0.05) is 19.3 Å². The molecule has 2 unspecified atom stereocenters. The lowest BCUT2D eigenvalue weighted by Gasteiger charge is -2.32. The van der Waals surface area contributed by atoms with E-state index in [2.05, 4.69) is 11.6 Å². The number of nitrogens with one attached hydrogen (secondary N) is 1. The Kier molecular flexibility index (Phi) is 6.28. The molecule has 0 aliphatic heterocycles. The SMILES string of the molecule is CSC1CCCC(NC(=O)C2(N)CCCC2)C1.Cl. The highest BCUT2D eigenvalue weighted by molar-refractivity contribution is 7.99. The highest BCUT2D eigenvalue weighted by Crippen LogP contribution is 2.30. The molecular weight excluding hydrogens is 268 g/mol. The second kappa shape index (κ2) is 7.01. The topological polar surface area (TPSA) is 55.1 Å². The Hall–Kier alpha value is 0.0700. The standard InChI is InChI=1S/C13H24N2OS.ClH/c1-17-11-6-4-5-10(9-11)15-12(16)13(14)7-2-3-8-13;/h10-11H,2-9,14H2,1H3,(H,15,16);1H. The summed E-state index contributed by atoms with van der Waals surface area (Å²) in [5.41, 5.74) is 5.61. The molecular formula is C13H25ClN2OS. The Morgan fingerprint density at radius 2 is 1.94 bits per heavy atom. The Morgan fingerprint density at radius 1 is 1.28 bits per heavy atom. The Labute approximate surface area is 120 Å². The number of carbonyl (C=O) groups is 1. The van der Waals surface area contributed by atoms with E-state index in [4.69, 9.17) is 5.73 Å². The summed E-state index contributed by atoms with van der Waals surface area (Å²) in [6.07, 6.45) is 10.8. The maximum Gasteiger partial charge on any atom is 0.240 e. The van der Waals surface area contributed by atoms with E-state index < -0.39 is 5.54 Å². The van der Waals surface area contributed by atoms with Crippen molar-refractivity contribution in [2.24, 2.45) is 5.73 Å². The van der Waals surface area contributed by atoms with Gasteiger partial charge in [0.25, 0.3) is 0 Å². The maximum absolute atomic E-state index is 12.2. The van der Waals surface area contributed by atoms with Crippen LogP contribution in [0.4, 0.5) is 0 Å². The average molecular weight is 293 g/mol. The minimum atomic E-state index is -0.563. The van der Waals surface area contributed by atoms with Crippen molar-refractivity contribution in [1.82, 2.24) is 5.32 Å². The predicted octanol–water partition coefficient (Wildman–Crippen LogP) is 2.47. The number of thioether (sulfide) groups is 1. The highest BCUT2D eigenvalue weighted by atomic mass is 35.5. The summed E-state index contributed by atoms with van der Waals surface area (Å²) < 4.78 is 0. The van der Waals surface area contributed by atoms with Crippen LogP contribution >= 0.6 is 24.2 Å². The number of amides is 1. The van der Waals surface area contributed by atoms with Crippen LogP contribution < -0.4 is 11.1 Å². The van der Waals surface area contributed by atoms with Crippen molar-refractivity contribution in [3.63, 3.8) is 0 Å². The van der Waals surface area contributed by atoms with Crippen LogP contribution in [-0.2, 0) is 4.79 Å². The van der Waals surface area contributed by atoms with Crippen molar-refractivity contribution in [1.29, 1.82) is 0 Å². The molecule has 0 aromatic heterocycles. The first-order valence-corrected chi connectivity index (χ1v) is 8.05. The Morgan fingerprint density at radius 3 is 2.56 bits per heavy atom. The van der Waals surface area contributed by atoms with Crippen LogP contribution in [0.25, 0.3) is 0 Å². The normalized spacial score (nSPS) is 30.6. The van der Waals surface area contributed by atoms with E-state index in [1.54, 1.807) is 0 Å². The number of carbonyl (C=O) groups excluding carboxylic acids is 1. The predicted molar refractivity (Wildman–Crippen MR) is 80.3 cm³/mol. The van der Waals surface area contributed by atoms with Gasteiger partial charge >= 0.3 is 0 Å². The summed E-state index contributed by atoms with van der Waals surface area (Å²) in [5.74, 6) is 0.0988. The zero-order valence-corrected chi connectivity index (χ0v) is 12.7. The van der Waals surface area contributed by atoms with E-state index in [9.17, 15) is 4.79 Å². The lowest BCUT2D eigenvalue weighted by Crippen LogP contribution is -2.55. The van der Waals surface area contributed by atoms with E-state index in [-0.39, 0.29) is 18.3 Å². The molecule has 106 valence electrons. The van der Waals surface area contributed by atoms with Crippen molar-refractivity contribution in [3.8, 4) is 0 Å². The van der Waals surface area contributed by atoms with Gasteiger partial charge in [0.05, 0.1) is 5.54 Å². The van der Waals surface area contributed by atoms with E-state index >= 15 is 0 Å². The summed E-state index contributed by atoms with van der Waals surface area (Å²) in [4.78, 5) is 12.2. The number of nitrogens with two attached hydrogens (primary N) is 1. The molecule has 2 atom stereocenters. The van der Waals surface area contributed by atoms with E-state index in [1.807, 2.05) is 11.8 Å². The third-order valence-electron chi connectivity index (χ3n) is 4.24. The van der Waals surface area contributed by atoms with Gasteiger partial charge in [-0.15, -0.1) is 12.4 Å². The van der Waals surface area contributed by atoms with Crippen molar-refractivity contribution in [2.75, 3.05) is 6.26 Å². The van der Waals surface area contributed by atoms with Crippen LogP contribution in [0.1, 0.15) is 51.4 Å². The molecule has 18 heavy (non-hydrogen) atoms. The number of rotatable bonds is 3. The van der Waals surface area contributed by atoms with Gasteiger partial charge in [-0.25, -0.2) is 0 Å². The van der Waals surface area contributed by atoms with Gasteiger partial charge in [-0.3, -0.25) is 4.79 Å². The van der Waals surface area contributed by atoms with Gasteiger partial charge in [0, 0.05) is 11.3 Å². The largest absolute Gasteiger partial charge is 0.352 e. The molecule has 2 saturated carbocycles. The fourth-order valence-corrected chi connectivity index (χ4v) is 3.88. The monoisotopic (exact) mass is 292 g/mol. The Balaban J connectivity index is 0.00000162. The highest BCUT2D eigenvalue weighted by Gasteiger charge is 2.38. The molecule has 0 bridgehead atoms. The summed E-state index contributed by atoms with van der Waals surface area (Å²) in [6, 6.07) is 0.356. The van der Waals surface area contributed by atoms with Crippen molar-refractivity contribution in [3.05, 3.63) is 0 Å². The molecule has 3 nitrogen and oxygen atoms in total. The number of hydrogen-bond acceptors (Lipinski definition) is 3. The average Bonchev–Trinajstić information content (AvgIpc) is 2.78. The maximum atomic E-state index is 12.2. The van der Waals surface area contributed by atoms with E-state index in [0.717, 1.165) is 38.5 Å². The van der Waals surface area contributed by atoms with Gasteiger partial charge in [-0.2, -0.15) is 11.8 Å². The first-order chi connectivity index (χ1) is 8.14. The van der Waals surface area contributed by atoms with Crippen LogP contribution in [0.2, 0.25) is 0 Å². The lowest BCUT2D eigenvalue weighted by molar-refractivity contribution is -0.127.